The predicted octanol–water partition coefficient (Wildman–Crippen LogP) is 2.50. The van der Waals surface area contributed by atoms with Crippen LogP contribution < -0.4 is 5.73 Å². The highest BCUT2D eigenvalue weighted by atomic mass is 16.3. The topological polar surface area (TPSA) is 107 Å². The summed E-state index contributed by atoms with van der Waals surface area (Å²) in [6.07, 6.45) is 6.05. The summed E-state index contributed by atoms with van der Waals surface area (Å²) in [5.41, 5.74) is 7.26. The van der Waals surface area contributed by atoms with Gasteiger partial charge in [0.05, 0.1) is 6.61 Å². The Labute approximate surface area is 197 Å². The molecule has 2 saturated heterocycles. The molecule has 2 fully saturated rings. The van der Waals surface area contributed by atoms with Crippen LogP contribution >= 0.6 is 0 Å². The van der Waals surface area contributed by atoms with Crippen LogP contribution in [0.3, 0.4) is 0 Å². The SMILES string of the molecule is CCC(CC)CN(CCCN1C2CCC1CC(c1cccc(C(N)=O)c1)C2)C(=O)[C@@H](O)CO. The minimum absolute atomic E-state index is 0.361. The molecule has 2 aliphatic heterocycles. The van der Waals surface area contributed by atoms with Crippen molar-refractivity contribution in [3.05, 3.63) is 35.4 Å². The van der Waals surface area contributed by atoms with Crippen molar-refractivity contribution < 1.29 is 19.8 Å². The van der Waals surface area contributed by atoms with Crippen molar-refractivity contribution in [1.29, 1.82) is 0 Å². The zero-order valence-electron chi connectivity index (χ0n) is 20.2. The van der Waals surface area contributed by atoms with Crippen LogP contribution in [-0.2, 0) is 4.79 Å². The van der Waals surface area contributed by atoms with Crippen LogP contribution in [-0.4, -0.2) is 76.3 Å². The lowest BCUT2D eigenvalue weighted by molar-refractivity contribution is -0.143. The summed E-state index contributed by atoms with van der Waals surface area (Å²) < 4.78 is 0. The number of aliphatic hydroxyl groups excluding tert-OH is 2. The largest absolute Gasteiger partial charge is 0.393 e. The standard InChI is InChI=1S/C26H41N3O4/c1-3-18(4-2)16-28(26(33)24(31)17-30)11-6-12-29-22-9-10-23(29)15-21(14-22)19-7-5-8-20(13-19)25(27)32/h5,7-8,13,18,21-24,30-31H,3-4,6,9-12,14-17H2,1-2H3,(H2,27,32)/t21?,22?,23?,24-/m0/s1. The molecule has 3 atom stereocenters. The molecule has 0 saturated carbocycles. The Balaban J connectivity index is 1.57. The zero-order valence-corrected chi connectivity index (χ0v) is 20.2. The molecule has 0 radical (unpaired) electrons. The van der Waals surface area contributed by atoms with Crippen LogP contribution in [0.4, 0.5) is 0 Å². The van der Waals surface area contributed by atoms with Crippen LogP contribution in [0.1, 0.15) is 80.6 Å². The van der Waals surface area contributed by atoms with E-state index >= 15 is 0 Å². The summed E-state index contributed by atoms with van der Waals surface area (Å²) in [5.74, 6) is 0.116. The number of hydrogen-bond donors (Lipinski definition) is 3. The van der Waals surface area contributed by atoms with Crippen molar-refractivity contribution in [1.82, 2.24) is 9.80 Å². The number of fused-ring (bicyclic) bond motifs is 2. The van der Waals surface area contributed by atoms with Crippen LogP contribution in [0.2, 0.25) is 0 Å². The second kappa shape index (κ2) is 12.0. The number of carbonyl (C=O) groups excluding carboxylic acids is 2. The molecule has 2 heterocycles. The molecule has 0 aliphatic carbocycles. The number of amides is 2. The molecule has 33 heavy (non-hydrogen) atoms. The molecule has 2 aliphatic rings. The van der Waals surface area contributed by atoms with E-state index in [4.69, 9.17) is 5.73 Å². The Bertz CT molecular complexity index is 783. The van der Waals surface area contributed by atoms with E-state index in [0.717, 1.165) is 38.6 Å². The van der Waals surface area contributed by atoms with Crippen LogP contribution in [0.5, 0.6) is 0 Å². The summed E-state index contributed by atoms with van der Waals surface area (Å²) in [6.45, 7) is 5.89. The number of carbonyl (C=O) groups is 2. The maximum Gasteiger partial charge on any atom is 0.253 e. The van der Waals surface area contributed by atoms with Crippen molar-refractivity contribution in [2.45, 2.75) is 82.9 Å². The Morgan fingerprint density at radius 1 is 1.18 bits per heavy atom. The molecule has 0 spiro atoms. The first kappa shape index (κ1) is 25.7. The Kier molecular flexibility index (Phi) is 9.29. The van der Waals surface area contributed by atoms with Gasteiger partial charge in [0.15, 0.2) is 6.10 Å². The van der Waals surface area contributed by atoms with E-state index in [-0.39, 0.29) is 11.8 Å². The lowest BCUT2D eigenvalue weighted by Gasteiger charge is -2.39. The predicted molar refractivity (Wildman–Crippen MR) is 129 cm³/mol. The normalized spacial score (nSPS) is 23.6. The van der Waals surface area contributed by atoms with Crippen LogP contribution in [0, 0.1) is 5.92 Å². The molecule has 3 rings (SSSR count). The highest BCUT2D eigenvalue weighted by Crippen LogP contribution is 2.43. The number of aliphatic hydroxyl groups is 2. The van der Waals surface area contributed by atoms with Gasteiger partial charge < -0.3 is 20.8 Å². The third kappa shape index (κ3) is 6.34. The molecular weight excluding hydrogens is 418 g/mol. The Hall–Kier alpha value is -1.96. The van der Waals surface area contributed by atoms with Crippen LogP contribution in [0.25, 0.3) is 0 Å². The van der Waals surface area contributed by atoms with E-state index in [2.05, 4.69) is 24.8 Å². The Morgan fingerprint density at radius 3 is 2.42 bits per heavy atom. The van der Waals surface area contributed by atoms with Gasteiger partial charge in [-0.05, 0) is 61.6 Å². The smallest absolute Gasteiger partial charge is 0.253 e. The number of piperidine rings is 1. The first-order valence-electron chi connectivity index (χ1n) is 12.6. The van der Waals surface area contributed by atoms with Crippen molar-refractivity contribution in [2.75, 3.05) is 26.2 Å². The molecule has 1 aromatic carbocycles. The van der Waals surface area contributed by atoms with E-state index < -0.39 is 12.7 Å². The number of nitrogens with two attached hydrogens (primary N) is 1. The number of nitrogens with zero attached hydrogens (tertiary/aromatic N) is 2. The average molecular weight is 460 g/mol. The zero-order chi connectivity index (χ0) is 24.0. The van der Waals surface area contributed by atoms with E-state index in [9.17, 15) is 19.8 Å². The summed E-state index contributed by atoms with van der Waals surface area (Å²) in [4.78, 5) is 28.5. The van der Waals surface area contributed by atoms with E-state index in [1.54, 1.807) is 11.0 Å². The fraction of sp³-hybridized carbons (Fsp3) is 0.692. The quantitative estimate of drug-likeness (QED) is 0.445. The first-order chi connectivity index (χ1) is 15.9. The summed E-state index contributed by atoms with van der Waals surface area (Å²) in [5, 5.41) is 19.2. The summed E-state index contributed by atoms with van der Waals surface area (Å²) >= 11 is 0. The van der Waals surface area contributed by atoms with Crippen molar-refractivity contribution >= 4 is 11.8 Å². The average Bonchev–Trinajstić information content (AvgIpc) is 3.06. The van der Waals surface area contributed by atoms with Gasteiger partial charge in [-0.2, -0.15) is 0 Å². The lowest BCUT2D eigenvalue weighted by Crippen LogP contribution is -2.46. The van der Waals surface area contributed by atoms with Gasteiger partial charge in [0.1, 0.15) is 0 Å². The minimum Gasteiger partial charge on any atom is -0.393 e. The third-order valence-electron chi connectivity index (χ3n) is 7.77. The van der Waals surface area contributed by atoms with Crippen molar-refractivity contribution in [2.24, 2.45) is 11.7 Å². The molecule has 2 amide bonds. The number of benzene rings is 1. The first-order valence-corrected chi connectivity index (χ1v) is 12.6. The fourth-order valence-corrected chi connectivity index (χ4v) is 5.74. The second-order valence-corrected chi connectivity index (χ2v) is 9.80. The molecule has 7 heteroatoms. The molecular formula is C26H41N3O4. The van der Waals surface area contributed by atoms with Crippen molar-refractivity contribution in [3.63, 3.8) is 0 Å². The van der Waals surface area contributed by atoms with Crippen LogP contribution in [0.15, 0.2) is 24.3 Å². The molecule has 184 valence electrons. The van der Waals surface area contributed by atoms with E-state index in [1.807, 2.05) is 12.1 Å². The lowest BCUT2D eigenvalue weighted by atomic mass is 9.84. The van der Waals surface area contributed by atoms with Gasteiger partial charge in [-0.15, -0.1) is 0 Å². The maximum absolute atomic E-state index is 12.6. The van der Waals surface area contributed by atoms with Gasteiger partial charge in [0.2, 0.25) is 5.91 Å². The van der Waals surface area contributed by atoms with Gasteiger partial charge in [-0.1, -0.05) is 38.8 Å². The molecule has 4 N–H and O–H groups in total. The highest BCUT2D eigenvalue weighted by molar-refractivity contribution is 5.92. The fourth-order valence-electron chi connectivity index (χ4n) is 5.74. The second-order valence-electron chi connectivity index (χ2n) is 9.80. The number of rotatable bonds is 12. The Morgan fingerprint density at radius 2 is 1.85 bits per heavy atom. The van der Waals surface area contributed by atoms with Gasteiger partial charge in [0.25, 0.3) is 5.91 Å². The molecule has 2 unspecified atom stereocenters. The molecule has 7 nitrogen and oxygen atoms in total. The van der Waals surface area contributed by atoms with E-state index in [0.29, 0.717) is 42.6 Å². The molecule has 1 aromatic rings. The van der Waals surface area contributed by atoms with E-state index in [1.165, 1.54) is 18.4 Å². The monoisotopic (exact) mass is 459 g/mol. The number of primary amides is 1. The molecule has 2 bridgehead atoms. The third-order valence-corrected chi connectivity index (χ3v) is 7.77. The maximum atomic E-state index is 12.6. The summed E-state index contributed by atoms with van der Waals surface area (Å²) in [7, 11) is 0. The van der Waals surface area contributed by atoms with Crippen molar-refractivity contribution in [3.8, 4) is 0 Å². The molecule has 0 aromatic heterocycles. The minimum atomic E-state index is -1.33. The van der Waals surface area contributed by atoms with Gasteiger partial charge in [-0.3, -0.25) is 14.5 Å². The van der Waals surface area contributed by atoms with Gasteiger partial charge >= 0.3 is 0 Å². The summed E-state index contributed by atoms with van der Waals surface area (Å²) in [6, 6.07) is 8.82. The highest BCUT2D eigenvalue weighted by Gasteiger charge is 2.40. The number of hydrogen-bond acceptors (Lipinski definition) is 5. The van der Waals surface area contributed by atoms with Gasteiger partial charge in [-0.25, -0.2) is 0 Å². The van der Waals surface area contributed by atoms with Gasteiger partial charge in [0, 0.05) is 37.3 Å².